The Bertz CT molecular complexity index is 1070. The summed E-state index contributed by atoms with van der Waals surface area (Å²) in [5.41, 5.74) is 0.771. The van der Waals surface area contributed by atoms with Crippen molar-refractivity contribution in [2.24, 2.45) is 17.8 Å². The third-order valence-corrected chi connectivity index (χ3v) is 8.83. The molecule has 1 aliphatic carbocycles. The monoisotopic (exact) mass is 529 g/mol. The van der Waals surface area contributed by atoms with Gasteiger partial charge in [-0.2, -0.15) is 8.78 Å². The van der Waals surface area contributed by atoms with Crippen LogP contribution in [0.5, 0.6) is 0 Å². The van der Waals surface area contributed by atoms with Gasteiger partial charge in [0.1, 0.15) is 17.6 Å². The van der Waals surface area contributed by atoms with Crippen molar-refractivity contribution < 1.29 is 23.1 Å². The first-order valence-electron chi connectivity index (χ1n) is 14.0. The number of nitrogens with zero attached hydrogens (tertiary/aromatic N) is 3. The highest BCUT2D eigenvalue weighted by Gasteiger charge is 2.42. The first-order valence-corrected chi connectivity index (χ1v) is 14.0. The van der Waals surface area contributed by atoms with Gasteiger partial charge in [-0.1, -0.05) is 31.0 Å². The van der Waals surface area contributed by atoms with Crippen LogP contribution in [0.1, 0.15) is 62.1 Å². The Morgan fingerprint density at radius 2 is 1.84 bits per heavy atom. The topological polar surface area (TPSA) is 56.7 Å². The minimum atomic E-state index is -2.91. The molecule has 0 spiro atoms. The number of carbonyl (C=O) groups is 1. The number of hydrogen-bond donors (Lipinski definition) is 1. The summed E-state index contributed by atoms with van der Waals surface area (Å²) in [6.45, 7) is 3.80. The summed E-state index contributed by atoms with van der Waals surface area (Å²) in [7, 11) is 0. The lowest BCUT2D eigenvalue weighted by atomic mass is 9.86. The molecule has 2 unspecified atom stereocenters. The lowest BCUT2D eigenvalue weighted by Gasteiger charge is -2.35. The van der Waals surface area contributed by atoms with E-state index < -0.39 is 17.9 Å². The fourth-order valence-corrected chi connectivity index (χ4v) is 6.42. The average molecular weight is 530 g/mol. The molecular weight excluding hydrogens is 491 g/mol. The summed E-state index contributed by atoms with van der Waals surface area (Å²) in [5, 5.41) is 9.96. The Morgan fingerprint density at radius 3 is 2.50 bits per heavy atom. The van der Waals surface area contributed by atoms with Crippen LogP contribution in [-0.4, -0.2) is 64.6 Å². The van der Waals surface area contributed by atoms with Gasteiger partial charge in [0.05, 0.1) is 0 Å². The number of halogens is 3. The third-order valence-electron chi connectivity index (χ3n) is 8.83. The van der Waals surface area contributed by atoms with Crippen molar-refractivity contribution in [3.05, 3.63) is 65.7 Å². The summed E-state index contributed by atoms with van der Waals surface area (Å²) in [4.78, 5) is 20.5. The third kappa shape index (κ3) is 6.75. The van der Waals surface area contributed by atoms with Crippen LogP contribution in [0.25, 0.3) is 0 Å². The first-order chi connectivity index (χ1) is 18.3. The highest BCUT2D eigenvalue weighted by atomic mass is 19.3. The van der Waals surface area contributed by atoms with Crippen LogP contribution in [0.2, 0.25) is 0 Å². The molecule has 8 heteroatoms. The molecule has 2 aliphatic heterocycles. The Morgan fingerprint density at radius 1 is 1.05 bits per heavy atom. The van der Waals surface area contributed by atoms with Crippen molar-refractivity contribution >= 4 is 5.97 Å². The average Bonchev–Trinajstić information content (AvgIpc) is 3.65. The van der Waals surface area contributed by atoms with E-state index in [0.29, 0.717) is 31.8 Å². The fraction of sp³-hybridized carbons (Fsp3) is 0.600. The normalized spacial score (nSPS) is 24.5. The maximum Gasteiger partial charge on any atom is 0.320 e. The number of rotatable bonds is 11. The van der Waals surface area contributed by atoms with E-state index in [4.69, 9.17) is 0 Å². The van der Waals surface area contributed by atoms with Gasteiger partial charge in [0.25, 0.3) is 5.92 Å². The van der Waals surface area contributed by atoms with Crippen molar-refractivity contribution in [2.45, 2.75) is 62.8 Å². The standard InChI is InChI=1S/C30H38F3N3O2/c31-25-5-3-4-23(17-25)26-20-36(27(29(37)38)16-22-7-8-22)19-24(26)18-35-14-10-21(11-15-35)9-12-30(32,33)28-6-1-2-13-34-28/h1-6,13,17,21-22,24,26-27H,7-12,14-16,18-20H2,(H,37,38)/t24?,26?,27-/m1/s1. The summed E-state index contributed by atoms with van der Waals surface area (Å²) in [5.74, 6) is -2.91. The second kappa shape index (κ2) is 11.7. The number of carboxylic acid groups (broad SMARTS) is 1. The molecule has 3 aliphatic rings. The van der Waals surface area contributed by atoms with Crippen molar-refractivity contribution in [3.8, 4) is 0 Å². The molecule has 2 saturated heterocycles. The molecule has 5 nitrogen and oxygen atoms in total. The molecule has 38 heavy (non-hydrogen) atoms. The zero-order chi connectivity index (χ0) is 26.7. The van der Waals surface area contributed by atoms with E-state index in [-0.39, 0.29) is 35.7 Å². The van der Waals surface area contributed by atoms with E-state index in [1.54, 1.807) is 24.3 Å². The predicted octanol–water partition coefficient (Wildman–Crippen LogP) is 5.77. The number of carboxylic acids is 1. The molecule has 206 valence electrons. The Labute approximate surface area is 223 Å². The van der Waals surface area contributed by atoms with Gasteiger partial charge >= 0.3 is 5.97 Å². The summed E-state index contributed by atoms with van der Waals surface area (Å²) in [6, 6.07) is 10.9. The van der Waals surface area contributed by atoms with Gasteiger partial charge in [0.15, 0.2) is 0 Å². The van der Waals surface area contributed by atoms with Crippen molar-refractivity contribution in [3.63, 3.8) is 0 Å². The van der Waals surface area contributed by atoms with Crippen LogP contribution in [0.4, 0.5) is 13.2 Å². The van der Waals surface area contributed by atoms with E-state index >= 15 is 0 Å². The zero-order valence-electron chi connectivity index (χ0n) is 21.8. The van der Waals surface area contributed by atoms with Crippen LogP contribution in [0.15, 0.2) is 48.7 Å². The zero-order valence-corrected chi connectivity index (χ0v) is 21.8. The number of pyridine rings is 1. The molecule has 3 fully saturated rings. The molecule has 0 radical (unpaired) electrons. The van der Waals surface area contributed by atoms with Crippen LogP contribution < -0.4 is 0 Å². The quantitative estimate of drug-likeness (QED) is 0.400. The molecule has 1 aromatic heterocycles. The largest absolute Gasteiger partial charge is 0.480 e. The van der Waals surface area contributed by atoms with Gasteiger partial charge in [-0.3, -0.25) is 14.7 Å². The predicted molar refractivity (Wildman–Crippen MR) is 139 cm³/mol. The maximum atomic E-state index is 14.6. The van der Waals surface area contributed by atoms with Gasteiger partial charge < -0.3 is 10.0 Å². The molecule has 5 rings (SSSR count). The summed E-state index contributed by atoms with van der Waals surface area (Å²) < 4.78 is 43.3. The lowest BCUT2D eigenvalue weighted by molar-refractivity contribution is -0.143. The summed E-state index contributed by atoms with van der Waals surface area (Å²) in [6.07, 6.45) is 6.35. The number of alkyl halides is 2. The van der Waals surface area contributed by atoms with Gasteiger partial charge in [-0.15, -0.1) is 0 Å². The van der Waals surface area contributed by atoms with E-state index in [0.717, 1.165) is 50.9 Å². The van der Waals surface area contributed by atoms with Crippen LogP contribution in [-0.2, 0) is 10.7 Å². The van der Waals surface area contributed by atoms with E-state index in [2.05, 4.69) is 14.8 Å². The minimum Gasteiger partial charge on any atom is -0.480 e. The highest BCUT2D eigenvalue weighted by molar-refractivity contribution is 5.73. The van der Waals surface area contributed by atoms with Gasteiger partial charge in [0.2, 0.25) is 0 Å². The van der Waals surface area contributed by atoms with E-state index in [1.165, 1.54) is 18.3 Å². The second-order valence-electron chi connectivity index (χ2n) is 11.6. The second-order valence-corrected chi connectivity index (χ2v) is 11.6. The smallest absolute Gasteiger partial charge is 0.320 e. The lowest BCUT2D eigenvalue weighted by Crippen LogP contribution is -2.42. The number of benzene rings is 1. The molecule has 1 aromatic carbocycles. The van der Waals surface area contributed by atoms with Crippen molar-refractivity contribution in [1.82, 2.24) is 14.8 Å². The number of aliphatic carboxylic acids is 1. The van der Waals surface area contributed by atoms with Gasteiger partial charge in [0, 0.05) is 38.2 Å². The number of hydrogen-bond acceptors (Lipinski definition) is 4. The molecule has 0 bridgehead atoms. The Hall–Kier alpha value is -2.45. The van der Waals surface area contributed by atoms with Crippen LogP contribution in [0.3, 0.4) is 0 Å². The Kier molecular flexibility index (Phi) is 8.38. The SMILES string of the molecule is O=C(O)[C@@H](CC1CC1)N1CC(CN2CCC(CCC(F)(F)c3ccccn3)CC2)C(c2cccc(F)c2)C1. The molecule has 1 saturated carbocycles. The number of aromatic nitrogens is 1. The first kappa shape index (κ1) is 27.1. The van der Waals surface area contributed by atoms with Crippen molar-refractivity contribution in [1.29, 1.82) is 0 Å². The highest BCUT2D eigenvalue weighted by Crippen LogP contribution is 2.40. The Balaban J connectivity index is 1.18. The number of likely N-dealkylation sites (tertiary alicyclic amines) is 2. The van der Waals surface area contributed by atoms with Crippen LogP contribution in [0, 0.1) is 23.6 Å². The van der Waals surface area contributed by atoms with Gasteiger partial charge in [-0.25, -0.2) is 4.39 Å². The fourth-order valence-electron chi connectivity index (χ4n) is 6.42. The van der Waals surface area contributed by atoms with Crippen molar-refractivity contribution in [2.75, 3.05) is 32.7 Å². The molecule has 2 aromatic rings. The van der Waals surface area contributed by atoms with Crippen LogP contribution >= 0.6 is 0 Å². The molecule has 3 heterocycles. The molecule has 0 amide bonds. The van der Waals surface area contributed by atoms with E-state index in [1.807, 2.05) is 6.07 Å². The molecule has 3 atom stereocenters. The number of piperidine rings is 1. The maximum absolute atomic E-state index is 14.6. The molecule has 1 N–H and O–H groups in total. The summed E-state index contributed by atoms with van der Waals surface area (Å²) >= 11 is 0. The minimum absolute atomic E-state index is 0.0709. The van der Waals surface area contributed by atoms with E-state index in [9.17, 15) is 23.1 Å². The molecular formula is C30H38F3N3O2. The van der Waals surface area contributed by atoms with Gasteiger partial charge in [-0.05, 0) is 86.4 Å².